The third-order valence-corrected chi connectivity index (χ3v) is 6.60. The van der Waals surface area contributed by atoms with Crippen LogP contribution in [0.25, 0.3) is 11.4 Å². The van der Waals surface area contributed by atoms with Gasteiger partial charge in [-0.1, -0.05) is 49.7 Å². The minimum atomic E-state index is -0.237. The van der Waals surface area contributed by atoms with Gasteiger partial charge in [0.15, 0.2) is 10.6 Å². The maximum atomic E-state index is 13.1. The topological polar surface area (TPSA) is 83.0 Å². The van der Waals surface area contributed by atoms with Crippen molar-refractivity contribution in [2.75, 3.05) is 18.4 Å². The molecular weight excluding hydrogens is 446 g/mol. The van der Waals surface area contributed by atoms with E-state index in [2.05, 4.69) is 29.4 Å². The largest absolute Gasteiger partial charge is 0.338 e. The summed E-state index contributed by atoms with van der Waals surface area (Å²) in [6.07, 6.45) is 1.14. The van der Waals surface area contributed by atoms with Crippen molar-refractivity contribution in [3.05, 3.63) is 63.9 Å². The summed E-state index contributed by atoms with van der Waals surface area (Å²) < 4.78 is 2.05. The number of aryl methyl sites for hydroxylation is 2. The van der Waals surface area contributed by atoms with Crippen molar-refractivity contribution in [3.8, 4) is 11.4 Å². The number of carbonyl (C=O) groups excluding carboxylic acids is 2. The average molecular weight is 478 g/mol. The summed E-state index contributed by atoms with van der Waals surface area (Å²) in [4.78, 5) is 28.0. The molecule has 3 aromatic rings. The van der Waals surface area contributed by atoms with E-state index in [1.165, 1.54) is 0 Å². The van der Waals surface area contributed by atoms with E-state index in [1.54, 1.807) is 10.6 Å². The van der Waals surface area contributed by atoms with Crippen LogP contribution in [0.3, 0.4) is 0 Å². The van der Waals surface area contributed by atoms with Gasteiger partial charge in [0.25, 0.3) is 5.91 Å². The number of hydrogen-bond acceptors (Lipinski definition) is 4. The smallest absolute Gasteiger partial charge is 0.253 e. The Hall–Kier alpha value is -3.26. The number of likely N-dealkylation sites (tertiary alicyclic amines) is 1. The third kappa shape index (κ3) is 5.28. The third-order valence-electron chi connectivity index (χ3n) is 6.28. The van der Waals surface area contributed by atoms with Crippen molar-refractivity contribution in [3.63, 3.8) is 0 Å². The van der Waals surface area contributed by atoms with Gasteiger partial charge in [-0.05, 0) is 62.0 Å². The van der Waals surface area contributed by atoms with Crippen molar-refractivity contribution in [1.29, 1.82) is 0 Å². The van der Waals surface area contributed by atoms with Crippen LogP contribution in [0.15, 0.2) is 42.5 Å². The first-order valence-corrected chi connectivity index (χ1v) is 12.0. The Morgan fingerprint density at radius 2 is 1.76 bits per heavy atom. The molecular formula is C26H31N5O2S. The second-order valence-corrected chi connectivity index (χ2v) is 9.93. The van der Waals surface area contributed by atoms with E-state index in [4.69, 9.17) is 12.2 Å². The maximum Gasteiger partial charge on any atom is 0.253 e. The summed E-state index contributed by atoms with van der Waals surface area (Å²) in [7, 11) is 0. The lowest BCUT2D eigenvalue weighted by Gasteiger charge is -2.35. The van der Waals surface area contributed by atoms with Gasteiger partial charge in [-0.25, -0.2) is 0 Å². The Morgan fingerprint density at radius 1 is 1.09 bits per heavy atom. The van der Waals surface area contributed by atoms with Gasteiger partial charge in [-0.15, -0.1) is 0 Å². The Balaban J connectivity index is 1.51. The Morgan fingerprint density at radius 3 is 2.44 bits per heavy atom. The van der Waals surface area contributed by atoms with Gasteiger partial charge in [-0.3, -0.25) is 19.3 Å². The second-order valence-electron chi connectivity index (χ2n) is 9.54. The Labute approximate surface area is 205 Å². The van der Waals surface area contributed by atoms with Crippen molar-refractivity contribution in [2.24, 2.45) is 11.8 Å². The molecule has 1 fully saturated rings. The molecule has 0 saturated carbocycles. The van der Waals surface area contributed by atoms with E-state index >= 15 is 0 Å². The predicted molar refractivity (Wildman–Crippen MR) is 136 cm³/mol. The molecule has 2 unspecified atom stereocenters. The molecule has 1 saturated heterocycles. The predicted octanol–water partition coefficient (Wildman–Crippen LogP) is 4.98. The molecule has 2 amide bonds. The average Bonchev–Trinajstić information content (AvgIpc) is 3.14. The Bertz CT molecular complexity index is 1250. The summed E-state index contributed by atoms with van der Waals surface area (Å²) in [5, 5.41) is 10.1. The number of H-pyrrole nitrogens is 1. The van der Waals surface area contributed by atoms with Crippen LogP contribution in [0.1, 0.15) is 41.8 Å². The van der Waals surface area contributed by atoms with Gasteiger partial charge in [0.1, 0.15) is 6.54 Å². The summed E-state index contributed by atoms with van der Waals surface area (Å²) >= 11 is 5.37. The van der Waals surface area contributed by atoms with Crippen molar-refractivity contribution < 1.29 is 9.59 Å². The van der Waals surface area contributed by atoms with Crippen LogP contribution in [-0.2, 0) is 11.3 Å². The van der Waals surface area contributed by atoms with Crippen LogP contribution >= 0.6 is 12.2 Å². The van der Waals surface area contributed by atoms with E-state index < -0.39 is 0 Å². The molecule has 178 valence electrons. The number of nitrogens with zero attached hydrogens (tertiary/aromatic N) is 3. The zero-order valence-corrected chi connectivity index (χ0v) is 20.9. The van der Waals surface area contributed by atoms with Crippen molar-refractivity contribution >= 4 is 29.7 Å². The molecule has 0 radical (unpaired) electrons. The fraction of sp³-hybridized carbons (Fsp3) is 0.385. The SMILES string of the molecule is Cc1ccc(-c2n[nH]c(=S)n2CC(=O)Nc2cc(C(=O)N3CC(C)CC(C)C3)ccc2C)cc1. The molecule has 2 atom stereocenters. The first-order valence-electron chi connectivity index (χ1n) is 11.6. The number of anilines is 1. The van der Waals surface area contributed by atoms with Crippen LogP contribution in [0.5, 0.6) is 0 Å². The maximum absolute atomic E-state index is 13.1. The number of rotatable bonds is 5. The Kier molecular flexibility index (Phi) is 6.97. The number of hydrogen-bond donors (Lipinski definition) is 2. The summed E-state index contributed by atoms with van der Waals surface area (Å²) in [6, 6.07) is 13.4. The van der Waals surface area contributed by atoms with E-state index in [9.17, 15) is 9.59 Å². The number of carbonyl (C=O) groups is 2. The quantitative estimate of drug-likeness (QED) is 0.508. The first-order chi connectivity index (χ1) is 16.2. The van der Waals surface area contributed by atoms with Gasteiger partial charge in [0.2, 0.25) is 5.91 Å². The van der Waals surface area contributed by atoms with Gasteiger partial charge in [0, 0.05) is 29.9 Å². The van der Waals surface area contributed by atoms with Crippen molar-refractivity contribution in [1.82, 2.24) is 19.7 Å². The molecule has 1 aromatic heterocycles. The zero-order chi connectivity index (χ0) is 24.4. The van der Waals surface area contributed by atoms with Crippen LogP contribution in [0, 0.1) is 30.5 Å². The normalized spacial score (nSPS) is 18.1. The molecule has 2 aromatic carbocycles. The molecule has 7 nitrogen and oxygen atoms in total. The number of aromatic nitrogens is 3. The number of benzene rings is 2. The minimum Gasteiger partial charge on any atom is -0.338 e. The highest BCUT2D eigenvalue weighted by molar-refractivity contribution is 7.71. The van der Waals surface area contributed by atoms with E-state index in [-0.39, 0.29) is 18.4 Å². The lowest BCUT2D eigenvalue weighted by Crippen LogP contribution is -2.42. The fourth-order valence-electron chi connectivity index (χ4n) is 4.62. The minimum absolute atomic E-state index is 0.00705. The number of amides is 2. The molecule has 0 bridgehead atoms. The van der Waals surface area contributed by atoms with Crippen LogP contribution < -0.4 is 5.32 Å². The monoisotopic (exact) mass is 477 g/mol. The van der Waals surface area contributed by atoms with E-state index in [0.717, 1.165) is 36.2 Å². The number of piperidine rings is 1. The molecule has 2 N–H and O–H groups in total. The molecule has 34 heavy (non-hydrogen) atoms. The highest BCUT2D eigenvalue weighted by Crippen LogP contribution is 2.25. The van der Waals surface area contributed by atoms with Crippen molar-refractivity contribution in [2.45, 2.75) is 40.7 Å². The molecule has 2 heterocycles. The second kappa shape index (κ2) is 9.93. The first kappa shape index (κ1) is 23.9. The number of nitrogens with one attached hydrogen (secondary N) is 2. The van der Waals surface area contributed by atoms with Crippen LogP contribution in [0.2, 0.25) is 0 Å². The lowest BCUT2D eigenvalue weighted by atomic mass is 9.91. The summed E-state index contributed by atoms with van der Waals surface area (Å²) in [6.45, 7) is 9.83. The molecule has 0 spiro atoms. The summed E-state index contributed by atoms with van der Waals surface area (Å²) in [5.41, 5.74) is 4.11. The molecule has 1 aliphatic rings. The van der Waals surface area contributed by atoms with Crippen LogP contribution in [-0.4, -0.2) is 44.6 Å². The highest BCUT2D eigenvalue weighted by atomic mass is 32.1. The van der Waals surface area contributed by atoms with E-state index in [0.29, 0.717) is 33.7 Å². The lowest BCUT2D eigenvalue weighted by molar-refractivity contribution is -0.116. The molecule has 1 aliphatic heterocycles. The molecule has 8 heteroatoms. The fourth-order valence-corrected chi connectivity index (χ4v) is 4.82. The standard InChI is InChI=1S/C26H31N5O2S/c1-16-5-8-20(9-6-16)24-28-29-26(34)31(24)15-23(32)27-22-12-21(10-7-19(22)4)25(33)30-13-17(2)11-18(3)14-30/h5-10,12,17-18H,11,13-15H2,1-4H3,(H,27,32)(H,29,34). The number of aromatic amines is 1. The van der Waals surface area contributed by atoms with Gasteiger partial charge in [0.05, 0.1) is 0 Å². The zero-order valence-electron chi connectivity index (χ0n) is 20.1. The molecule has 0 aliphatic carbocycles. The van der Waals surface area contributed by atoms with Crippen LogP contribution in [0.4, 0.5) is 5.69 Å². The van der Waals surface area contributed by atoms with Gasteiger partial charge < -0.3 is 10.2 Å². The van der Waals surface area contributed by atoms with Gasteiger partial charge in [-0.2, -0.15) is 5.10 Å². The van der Waals surface area contributed by atoms with Gasteiger partial charge >= 0.3 is 0 Å². The highest BCUT2D eigenvalue weighted by Gasteiger charge is 2.26. The molecule has 4 rings (SSSR count). The van der Waals surface area contributed by atoms with E-state index in [1.807, 2.05) is 55.1 Å². The summed E-state index contributed by atoms with van der Waals surface area (Å²) in [5.74, 6) is 1.35.